The van der Waals surface area contributed by atoms with E-state index < -0.39 is 0 Å². The van der Waals surface area contributed by atoms with Gasteiger partial charge in [-0.3, -0.25) is 14.6 Å². The number of nitrogens with zero attached hydrogens (tertiary/aromatic N) is 2. The fourth-order valence-corrected chi connectivity index (χ4v) is 3.24. The Morgan fingerprint density at radius 1 is 1.00 bits per heavy atom. The second-order valence-electron chi connectivity index (χ2n) is 6.94. The van der Waals surface area contributed by atoms with E-state index in [9.17, 15) is 9.18 Å². The van der Waals surface area contributed by atoms with Gasteiger partial charge in [0.15, 0.2) is 0 Å². The molecule has 0 bridgehead atoms. The molecule has 138 valence electrons. The molecule has 0 saturated carbocycles. The molecular formula is C21H26FN3O. The van der Waals surface area contributed by atoms with Gasteiger partial charge in [-0.2, -0.15) is 0 Å². The third kappa shape index (κ3) is 5.64. The first-order valence-corrected chi connectivity index (χ1v) is 9.10. The van der Waals surface area contributed by atoms with Crippen LogP contribution in [-0.2, 0) is 17.9 Å². The quantitative estimate of drug-likeness (QED) is 0.865. The highest BCUT2D eigenvalue weighted by atomic mass is 19.1. The molecule has 2 aromatic rings. The summed E-state index contributed by atoms with van der Waals surface area (Å²) in [6.07, 6.45) is 0. The molecular weight excluding hydrogens is 329 g/mol. The maximum atomic E-state index is 12.9. The highest BCUT2D eigenvalue weighted by molar-refractivity contribution is 5.78. The van der Waals surface area contributed by atoms with Gasteiger partial charge in [0.05, 0.1) is 6.54 Å². The van der Waals surface area contributed by atoms with Crippen LogP contribution in [0, 0.1) is 12.7 Å². The van der Waals surface area contributed by atoms with Crippen LogP contribution >= 0.6 is 0 Å². The summed E-state index contributed by atoms with van der Waals surface area (Å²) < 4.78 is 12.9. The van der Waals surface area contributed by atoms with Crippen molar-refractivity contribution in [2.24, 2.45) is 0 Å². The van der Waals surface area contributed by atoms with Gasteiger partial charge < -0.3 is 5.32 Å². The monoisotopic (exact) mass is 355 g/mol. The van der Waals surface area contributed by atoms with Gasteiger partial charge in [0.2, 0.25) is 5.91 Å². The van der Waals surface area contributed by atoms with Gasteiger partial charge in [-0.1, -0.05) is 42.0 Å². The van der Waals surface area contributed by atoms with Gasteiger partial charge >= 0.3 is 0 Å². The Labute approximate surface area is 154 Å². The average Bonchev–Trinajstić information content (AvgIpc) is 2.63. The summed E-state index contributed by atoms with van der Waals surface area (Å²) in [5.74, 6) is -0.245. The van der Waals surface area contributed by atoms with Gasteiger partial charge in [0.1, 0.15) is 5.82 Å². The molecule has 0 radical (unpaired) electrons. The van der Waals surface area contributed by atoms with E-state index in [1.54, 1.807) is 12.1 Å². The van der Waals surface area contributed by atoms with Crippen LogP contribution in [0.3, 0.4) is 0 Å². The Morgan fingerprint density at radius 2 is 1.69 bits per heavy atom. The van der Waals surface area contributed by atoms with Crippen LogP contribution in [0.1, 0.15) is 16.7 Å². The summed E-state index contributed by atoms with van der Waals surface area (Å²) in [6.45, 7) is 7.67. The van der Waals surface area contributed by atoms with E-state index in [2.05, 4.69) is 46.3 Å². The Hall–Kier alpha value is -2.24. The lowest BCUT2D eigenvalue weighted by molar-refractivity contribution is -0.122. The second-order valence-corrected chi connectivity index (χ2v) is 6.94. The molecule has 4 nitrogen and oxygen atoms in total. The van der Waals surface area contributed by atoms with Crippen LogP contribution in [0.15, 0.2) is 48.5 Å². The van der Waals surface area contributed by atoms with Crippen molar-refractivity contribution in [2.45, 2.75) is 20.0 Å². The third-order valence-corrected chi connectivity index (χ3v) is 4.72. The van der Waals surface area contributed by atoms with Crippen LogP contribution in [-0.4, -0.2) is 48.4 Å². The van der Waals surface area contributed by atoms with Crippen molar-refractivity contribution in [3.05, 3.63) is 71.0 Å². The Balaban J connectivity index is 1.38. The van der Waals surface area contributed by atoms with Gasteiger partial charge in [-0.15, -0.1) is 0 Å². The van der Waals surface area contributed by atoms with E-state index in [-0.39, 0.29) is 11.7 Å². The van der Waals surface area contributed by atoms with Crippen LogP contribution in [0.5, 0.6) is 0 Å². The molecule has 2 aromatic carbocycles. The predicted molar refractivity (Wildman–Crippen MR) is 101 cm³/mol. The summed E-state index contributed by atoms with van der Waals surface area (Å²) >= 11 is 0. The maximum Gasteiger partial charge on any atom is 0.234 e. The molecule has 3 rings (SSSR count). The molecule has 1 N–H and O–H groups in total. The molecule has 26 heavy (non-hydrogen) atoms. The van der Waals surface area contributed by atoms with Crippen LogP contribution in [0.4, 0.5) is 4.39 Å². The lowest BCUT2D eigenvalue weighted by Gasteiger charge is -2.34. The molecule has 0 unspecified atom stereocenters. The first-order chi connectivity index (χ1) is 12.6. The number of carbonyl (C=O) groups is 1. The zero-order valence-corrected chi connectivity index (χ0v) is 15.2. The van der Waals surface area contributed by atoms with E-state index in [0.29, 0.717) is 13.1 Å². The molecule has 0 aromatic heterocycles. The SMILES string of the molecule is Cc1cccc(CN2CCN(CC(=O)NCc3ccc(F)cc3)CC2)c1. The number of amides is 1. The van der Waals surface area contributed by atoms with E-state index >= 15 is 0 Å². The standard InChI is InChI=1S/C21H26FN3O/c1-17-3-2-4-19(13-17)15-24-9-11-25(12-10-24)16-21(26)23-14-18-5-7-20(22)8-6-18/h2-8,13H,9-12,14-16H2,1H3,(H,23,26). The van der Waals surface area contributed by atoms with Crippen LogP contribution < -0.4 is 5.32 Å². The number of rotatable bonds is 6. The van der Waals surface area contributed by atoms with E-state index in [1.807, 2.05) is 0 Å². The molecule has 1 fully saturated rings. The highest BCUT2D eigenvalue weighted by Crippen LogP contribution is 2.10. The van der Waals surface area contributed by atoms with Crippen molar-refractivity contribution in [3.8, 4) is 0 Å². The number of nitrogens with one attached hydrogen (secondary N) is 1. The predicted octanol–water partition coefficient (Wildman–Crippen LogP) is 2.57. The topological polar surface area (TPSA) is 35.6 Å². The molecule has 1 saturated heterocycles. The lowest BCUT2D eigenvalue weighted by Crippen LogP contribution is -2.49. The fraction of sp³-hybridized carbons (Fsp3) is 0.381. The fourth-order valence-electron chi connectivity index (χ4n) is 3.24. The zero-order chi connectivity index (χ0) is 18.4. The normalized spacial score (nSPS) is 15.8. The summed E-state index contributed by atoms with van der Waals surface area (Å²) in [5, 5.41) is 2.91. The first kappa shape index (κ1) is 18.5. The molecule has 0 aliphatic carbocycles. The van der Waals surface area contributed by atoms with Gasteiger partial charge in [-0.05, 0) is 30.2 Å². The van der Waals surface area contributed by atoms with Crippen LogP contribution in [0.2, 0.25) is 0 Å². The number of carbonyl (C=O) groups excluding carboxylic acids is 1. The summed E-state index contributed by atoms with van der Waals surface area (Å²) in [7, 11) is 0. The van der Waals surface area contributed by atoms with Crippen molar-refractivity contribution in [1.29, 1.82) is 0 Å². The number of benzene rings is 2. The molecule has 1 amide bonds. The largest absolute Gasteiger partial charge is 0.351 e. The number of halogens is 1. The zero-order valence-electron chi connectivity index (χ0n) is 15.2. The summed E-state index contributed by atoms with van der Waals surface area (Å²) in [5.41, 5.74) is 3.54. The minimum absolute atomic E-state index is 0.0152. The van der Waals surface area contributed by atoms with Crippen molar-refractivity contribution in [3.63, 3.8) is 0 Å². The molecule has 0 atom stereocenters. The summed E-state index contributed by atoms with van der Waals surface area (Å²) in [6, 6.07) is 14.8. The average molecular weight is 355 g/mol. The molecule has 5 heteroatoms. The molecule has 0 spiro atoms. The second kappa shape index (κ2) is 8.92. The minimum atomic E-state index is -0.261. The Morgan fingerprint density at radius 3 is 2.38 bits per heavy atom. The smallest absolute Gasteiger partial charge is 0.234 e. The Kier molecular flexibility index (Phi) is 6.36. The lowest BCUT2D eigenvalue weighted by atomic mass is 10.1. The first-order valence-electron chi connectivity index (χ1n) is 9.10. The van der Waals surface area contributed by atoms with Crippen LogP contribution in [0.25, 0.3) is 0 Å². The molecule has 1 aliphatic rings. The van der Waals surface area contributed by atoms with Crippen molar-refractivity contribution < 1.29 is 9.18 Å². The van der Waals surface area contributed by atoms with E-state index in [1.165, 1.54) is 23.3 Å². The number of hydrogen-bond acceptors (Lipinski definition) is 3. The van der Waals surface area contributed by atoms with Crippen molar-refractivity contribution in [1.82, 2.24) is 15.1 Å². The van der Waals surface area contributed by atoms with Crippen molar-refractivity contribution in [2.75, 3.05) is 32.7 Å². The van der Waals surface area contributed by atoms with E-state index in [0.717, 1.165) is 38.3 Å². The minimum Gasteiger partial charge on any atom is -0.351 e. The van der Waals surface area contributed by atoms with Crippen molar-refractivity contribution >= 4 is 5.91 Å². The third-order valence-electron chi connectivity index (χ3n) is 4.72. The number of piperazine rings is 1. The van der Waals surface area contributed by atoms with E-state index in [4.69, 9.17) is 0 Å². The Bertz CT molecular complexity index is 724. The molecule has 1 aliphatic heterocycles. The van der Waals surface area contributed by atoms with Gasteiger partial charge in [0.25, 0.3) is 0 Å². The maximum absolute atomic E-state index is 12.9. The highest BCUT2D eigenvalue weighted by Gasteiger charge is 2.18. The van der Waals surface area contributed by atoms with Gasteiger partial charge in [0, 0.05) is 39.3 Å². The number of hydrogen-bond donors (Lipinski definition) is 1. The summed E-state index contributed by atoms with van der Waals surface area (Å²) in [4.78, 5) is 16.7. The molecule has 1 heterocycles. The van der Waals surface area contributed by atoms with Gasteiger partial charge in [-0.25, -0.2) is 4.39 Å². The number of aryl methyl sites for hydroxylation is 1.